The molecular weight excluding hydrogens is 268 g/mol. The van der Waals surface area contributed by atoms with Crippen LogP contribution in [-0.4, -0.2) is 30.1 Å². The summed E-state index contributed by atoms with van der Waals surface area (Å²) in [6.45, 7) is 0.654. The number of hydrogen-bond donors (Lipinski definition) is 3. The van der Waals surface area contributed by atoms with E-state index in [2.05, 4.69) is 10.6 Å². The highest BCUT2D eigenvalue weighted by molar-refractivity contribution is 5.80. The second-order valence-electron chi connectivity index (χ2n) is 5.51. The highest BCUT2D eigenvalue weighted by Gasteiger charge is 2.30. The number of para-hydroxylation sites is 1. The Hall–Kier alpha value is -2.04. The summed E-state index contributed by atoms with van der Waals surface area (Å²) in [6, 6.07) is 9.52. The van der Waals surface area contributed by atoms with Crippen LogP contribution < -0.4 is 10.6 Å². The van der Waals surface area contributed by atoms with Gasteiger partial charge in [0.25, 0.3) is 0 Å². The Morgan fingerprint density at radius 3 is 2.57 bits per heavy atom. The molecule has 0 aliphatic heterocycles. The Morgan fingerprint density at radius 1 is 1.14 bits per heavy atom. The summed E-state index contributed by atoms with van der Waals surface area (Å²) in [6.07, 6.45) is 3.62. The van der Waals surface area contributed by atoms with Gasteiger partial charge in [-0.25, -0.2) is 0 Å². The van der Waals surface area contributed by atoms with Crippen molar-refractivity contribution >= 4 is 17.6 Å². The van der Waals surface area contributed by atoms with Gasteiger partial charge in [-0.1, -0.05) is 31.0 Å². The van der Waals surface area contributed by atoms with E-state index in [9.17, 15) is 14.7 Å². The first-order valence-electron chi connectivity index (χ1n) is 7.45. The number of carboxylic acids is 1. The molecular formula is C16H22N2O3. The van der Waals surface area contributed by atoms with Crippen molar-refractivity contribution in [3.63, 3.8) is 0 Å². The lowest BCUT2D eigenvalue weighted by Crippen LogP contribution is -2.39. The highest BCUT2D eigenvalue weighted by atomic mass is 16.4. The van der Waals surface area contributed by atoms with Gasteiger partial charge in [-0.15, -0.1) is 0 Å². The summed E-state index contributed by atoms with van der Waals surface area (Å²) < 4.78 is 0. The van der Waals surface area contributed by atoms with Gasteiger partial charge in [-0.3, -0.25) is 9.59 Å². The molecule has 1 aromatic carbocycles. The van der Waals surface area contributed by atoms with E-state index in [1.807, 2.05) is 30.3 Å². The molecule has 1 saturated carbocycles. The quantitative estimate of drug-likeness (QED) is 0.750. The van der Waals surface area contributed by atoms with Gasteiger partial charge in [0.05, 0.1) is 12.5 Å². The van der Waals surface area contributed by atoms with Gasteiger partial charge in [0.1, 0.15) is 0 Å². The van der Waals surface area contributed by atoms with E-state index in [1.54, 1.807) is 0 Å². The number of amides is 1. The van der Waals surface area contributed by atoms with Crippen LogP contribution in [0, 0.1) is 11.8 Å². The summed E-state index contributed by atoms with van der Waals surface area (Å²) in [5.74, 6) is -1.11. The Bertz CT molecular complexity index is 476. The Balaban J connectivity index is 1.74. The number of hydrogen-bond acceptors (Lipinski definition) is 3. The molecule has 114 valence electrons. The fourth-order valence-corrected chi connectivity index (χ4v) is 2.82. The molecule has 5 heteroatoms. The molecule has 1 fully saturated rings. The van der Waals surface area contributed by atoms with Crippen molar-refractivity contribution < 1.29 is 14.7 Å². The number of carbonyl (C=O) groups is 2. The number of nitrogens with one attached hydrogen (secondary N) is 2. The van der Waals surface area contributed by atoms with E-state index >= 15 is 0 Å². The monoisotopic (exact) mass is 290 g/mol. The van der Waals surface area contributed by atoms with Crippen LogP contribution in [0.4, 0.5) is 5.69 Å². The summed E-state index contributed by atoms with van der Waals surface area (Å²) in [5.41, 5.74) is 0.897. The van der Waals surface area contributed by atoms with Gasteiger partial charge in [-0.2, -0.15) is 0 Å². The van der Waals surface area contributed by atoms with E-state index in [4.69, 9.17) is 0 Å². The maximum absolute atomic E-state index is 11.8. The predicted octanol–water partition coefficient (Wildman–Crippen LogP) is 2.11. The highest BCUT2D eigenvalue weighted by Crippen LogP contribution is 2.29. The zero-order valence-corrected chi connectivity index (χ0v) is 12.0. The van der Waals surface area contributed by atoms with Crippen LogP contribution in [0.25, 0.3) is 0 Å². The number of benzene rings is 1. The molecule has 21 heavy (non-hydrogen) atoms. The van der Waals surface area contributed by atoms with Crippen molar-refractivity contribution in [2.24, 2.45) is 11.8 Å². The molecule has 1 aromatic rings. The fourth-order valence-electron chi connectivity index (χ4n) is 2.82. The molecule has 1 amide bonds. The Morgan fingerprint density at radius 2 is 1.86 bits per heavy atom. The maximum Gasteiger partial charge on any atom is 0.306 e. The molecule has 0 heterocycles. The first kappa shape index (κ1) is 15.4. The van der Waals surface area contributed by atoms with Crippen LogP contribution in [-0.2, 0) is 9.59 Å². The zero-order valence-electron chi connectivity index (χ0n) is 12.0. The lowest BCUT2D eigenvalue weighted by Gasteiger charge is -2.28. The number of aliphatic carboxylic acids is 1. The van der Waals surface area contributed by atoms with Crippen LogP contribution in [0.1, 0.15) is 25.7 Å². The Kier molecular flexibility index (Phi) is 5.60. The number of anilines is 1. The van der Waals surface area contributed by atoms with Crippen LogP contribution in [0.5, 0.6) is 0 Å². The summed E-state index contributed by atoms with van der Waals surface area (Å²) in [4.78, 5) is 23.0. The second-order valence-corrected chi connectivity index (χ2v) is 5.51. The van der Waals surface area contributed by atoms with Crippen LogP contribution >= 0.6 is 0 Å². The van der Waals surface area contributed by atoms with E-state index in [1.165, 1.54) is 0 Å². The molecule has 0 radical (unpaired) electrons. The molecule has 1 aliphatic rings. The van der Waals surface area contributed by atoms with Crippen LogP contribution in [0.15, 0.2) is 30.3 Å². The number of rotatable bonds is 6. The lowest BCUT2D eigenvalue weighted by atomic mass is 9.79. The predicted molar refractivity (Wildman–Crippen MR) is 81.0 cm³/mol. The van der Waals surface area contributed by atoms with Crippen molar-refractivity contribution in [1.29, 1.82) is 0 Å². The topological polar surface area (TPSA) is 78.4 Å². The van der Waals surface area contributed by atoms with Crippen molar-refractivity contribution in [2.45, 2.75) is 25.7 Å². The van der Waals surface area contributed by atoms with Gasteiger partial charge in [0.2, 0.25) is 5.91 Å². The largest absolute Gasteiger partial charge is 0.481 e. The minimum atomic E-state index is -0.739. The smallest absolute Gasteiger partial charge is 0.306 e. The molecule has 0 spiro atoms. The van der Waals surface area contributed by atoms with Crippen molar-refractivity contribution in [3.8, 4) is 0 Å². The van der Waals surface area contributed by atoms with Gasteiger partial charge < -0.3 is 15.7 Å². The van der Waals surface area contributed by atoms with Crippen molar-refractivity contribution in [2.75, 3.05) is 18.4 Å². The Labute approximate surface area is 124 Å². The summed E-state index contributed by atoms with van der Waals surface area (Å²) >= 11 is 0. The first-order chi connectivity index (χ1) is 10.2. The fraction of sp³-hybridized carbons (Fsp3) is 0.500. The lowest BCUT2D eigenvalue weighted by molar-refractivity contribution is -0.145. The molecule has 2 atom stereocenters. The number of carboxylic acid groups (broad SMARTS) is 1. The van der Waals surface area contributed by atoms with Gasteiger partial charge >= 0.3 is 5.97 Å². The van der Waals surface area contributed by atoms with Gasteiger partial charge in [0.15, 0.2) is 0 Å². The maximum atomic E-state index is 11.8. The zero-order chi connectivity index (χ0) is 15.1. The minimum Gasteiger partial charge on any atom is -0.481 e. The normalized spacial score (nSPS) is 21.5. The van der Waals surface area contributed by atoms with Gasteiger partial charge in [-0.05, 0) is 30.9 Å². The molecule has 0 saturated heterocycles. The third-order valence-corrected chi connectivity index (χ3v) is 4.01. The third kappa shape index (κ3) is 4.77. The van der Waals surface area contributed by atoms with E-state index < -0.39 is 5.97 Å². The molecule has 0 aromatic heterocycles. The minimum absolute atomic E-state index is 0.0527. The first-order valence-corrected chi connectivity index (χ1v) is 7.45. The van der Waals surface area contributed by atoms with Crippen LogP contribution in [0.2, 0.25) is 0 Å². The molecule has 1 aliphatic carbocycles. The second kappa shape index (κ2) is 7.67. The molecule has 3 N–H and O–H groups in total. The SMILES string of the molecule is O=C(CNc1ccccc1)NCC1CCCCC1C(=O)O. The average Bonchev–Trinajstić information content (AvgIpc) is 2.52. The molecule has 5 nitrogen and oxygen atoms in total. The number of carbonyl (C=O) groups excluding carboxylic acids is 1. The third-order valence-electron chi connectivity index (χ3n) is 4.01. The van der Waals surface area contributed by atoms with Crippen molar-refractivity contribution in [3.05, 3.63) is 30.3 Å². The van der Waals surface area contributed by atoms with Crippen LogP contribution in [0.3, 0.4) is 0 Å². The van der Waals surface area contributed by atoms with E-state index in [-0.39, 0.29) is 24.3 Å². The van der Waals surface area contributed by atoms with E-state index in [0.29, 0.717) is 6.54 Å². The molecule has 2 rings (SSSR count). The summed E-state index contributed by atoms with van der Waals surface area (Å²) in [7, 11) is 0. The van der Waals surface area contributed by atoms with Crippen molar-refractivity contribution in [1.82, 2.24) is 5.32 Å². The molecule has 2 unspecified atom stereocenters. The summed E-state index contributed by atoms with van der Waals surface area (Å²) in [5, 5.41) is 15.1. The molecule has 0 bridgehead atoms. The van der Waals surface area contributed by atoms with E-state index in [0.717, 1.165) is 31.4 Å². The van der Waals surface area contributed by atoms with Gasteiger partial charge in [0, 0.05) is 12.2 Å². The standard InChI is InChI=1S/C16H22N2O3/c19-15(11-17-13-7-2-1-3-8-13)18-10-12-6-4-5-9-14(12)16(20)21/h1-3,7-8,12,14,17H,4-6,9-11H2,(H,18,19)(H,20,21). The average molecular weight is 290 g/mol.